The van der Waals surface area contributed by atoms with Gasteiger partial charge in [-0.2, -0.15) is 0 Å². The number of aromatic nitrogens is 5. The molecule has 2 aromatic carbocycles. The molecule has 0 bridgehead atoms. The number of amidine groups is 1. The normalized spacial score (nSPS) is 11.8. The van der Waals surface area contributed by atoms with E-state index in [0.29, 0.717) is 17.5 Å². The summed E-state index contributed by atoms with van der Waals surface area (Å²) in [5.74, 6) is -0.737. The van der Waals surface area contributed by atoms with Gasteiger partial charge in [-0.25, -0.2) is 19.2 Å². The highest BCUT2D eigenvalue weighted by Crippen LogP contribution is 2.33. The van der Waals surface area contributed by atoms with E-state index < -0.39 is 17.4 Å². The number of rotatable bonds is 7. The summed E-state index contributed by atoms with van der Waals surface area (Å²) in [7, 11) is 1.40. The highest BCUT2D eigenvalue weighted by Gasteiger charge is 2.26. The Labute approximate surface area is 188 Å². The zero-order valence-electron chi connectivity index (χ0n) is 18.0. The van der Waals surface area contributed by atoms with Gasteiger partial charge in [-0.15, -0.1) is 9.78 Å². The van der Waals surface area contributed by atoms with Crippen LogP contribution in [0.15, 0.2) is 59.7 Å². The second-order valence-corrected chi connectivity index (χ2v) is 7.51. The number of nitrogens with zero attached hydrogens (tertiary/aromatic N) is 4. The van der Waals surface area contributed by atoms with Crippen LogP contribution in [-0.4, -0.2) is 37.7 Å². The number of aryl methyl sites for hydroxylation is 1. The van der Waals surface area contributed by atoms with Crippen LogP contribution in [0.1, 0.15) is 34.0 Å². The van der Waals surface area contributed by atoms with Crippen molar-refractivity contribution in [2.75, 3.05) is 7.11 Å². The first kappa shape index (κ1) is 21.9. The average Bonchev–Trinajstić information content (AvgIpc) is 3.21. The third-order valence-corrected chi connectivity index (χ3v) is 5.22. The van der Waals surface area contributed by atoms with Gasteiger partial charge < -0.3 is 10.5 Å². The largest absolute Gasteiger partial charge is 0.494 e. The monoisotopic (exact) mass is 447 g/mol. The van der Waals surface area contributed by atoms with E-state index in [2.05, 4.69) is 20.1 Å². The molecule has 10 heteroatoms. The van der Waals surface area contributed by atoms with Crippen LogP contribution in [-0.2, 0) is 6.42 Å². The molecule has 0 spiro atoms. The van der Waals surface area contributed by atoms with Crippen molar-refractivity contribution in [3.05, 3.63) is 99.2 Å². The minimum absolute atomic E-state index is 0.0431. The Morgan fingerprint density at radius 3 is 2.58 bits per heavy atom. The first-order chi connectivity index (χ1) is 15.9. The van der Waals surface area contributed by atoms with E-state index in [9.17, 15) is 4.79 Å². The van der Waals surface area contributed by atoms with Gasteiger partial charge in [0.05, 0.1) is 13.0 Å². The Bertz CT molecular complexity index is 1350. The van der Waals surface area contributed by atoms with E-state index in [4.69, 9.17) is 15.9 Å². The molecule has 0 amide bonds. The summed E-state index contributed by atoms with van der Waals surface area (Å²) < 4.78 is 21.6. The molecular weight excluding hydrogens is 425 g/mol. The minimum atomic E-state index is -0.639. The maximum absolute atomic E-state index is 15.4. The molecule has 0 radical (unpaired) electrons. The summed E-state index contributed by atoms with van der Waals surface area (Å²) >= 11 is 0. The number of methoxy groups -OCH3 is 1. The Kier molecular flexibility index (Phi) is 5.99. The predicted octanol–water partition coefficient (Wildman–Crippen LogP) is 2.47. The van der Waals surface area contributed by atoms with Crippen molar-refractivity contribution in [3.8, 4) is 11.7 Å². The number of nitrogens with two attached hydrogens (primary N) is 1. The Morgan fingerprint density at radius 1 is 1.24 bits per heavy atom. The molecule has 4 rings (SSSR count). The molecular formula is C23H22FN7O2. The van der Waals surface area contributed by atoms with Crippen LogP contribution in [0.2, 0.25) is 0 Å². The average molecular weight is 447 g/mol. The van der Waals surface area contributed by atoms with Gasteiger partial charge in [-0.05, 0) is 36.6 Å². The van der Waals surface area contributed by atoms with Crippen LogP contribution in [0, 0.1) is 18.2 Å². The number of nitrogens with one attached hydrogen (secondary N) is 2. The predicted molar refractivity (Wildman–Crippen MR) is 120 cm³/mol. The Hall–Kier alpha value is -4.34. The highest BCUT2D eigenvalue weighted by atomic mass is 19.1. The topological polar surface area (TPSA) is 136 Å². The van der Waals surface area contributed by atoms with Crippen molar-refractivity contribution in [1.82, 2.24) is 24.7 Å². The number of H-pyrrole nitrogens is 1. The third-order valence-electron chi connectivity index (χ3n) is 5.22. The van der Waals surface area contributed by atoms with Crippen LogP contribution in [0.4, 0.5) is 4.39 Å². The summed E-state index contributed by atoms with van der Waals surface area (Å²) in [4.78, 5) is 23.5. The molecule has 1 unspecified atom stereocenters. The lowest BCUT2D eigenvalue weighted by Crippen LogP contribution is -2.18. The number of hydrogen-bond acceptors (Lipinski definition) is 6. The van der Waals surface area contributed by atoms with Crippen molar-refractivity contribution >= 4 is 5.84 Å². The zero-order valence-corrected chi connectivity index (χ0v) is 18.0. The van der Waals surface area contributed by atoms with Gasteiger partial charge in [0.2, 0.25) is 0 Å². The number of benzene rings is 2. The lowest BCUT2D eigenvalue weighted by atomic mass is 9.89. The SMILES string of the molecule is COc1cc(C)cc(C(Cc2ccc(C(=N)N)cc2)c2nn(-c3ncccn3)c(=O)[nH]2)c1F. The molecule has 4 N–H and O–H groups in total. The number of halogens is 1. The fraction of sp³-hybridized carbons (Fsp3) is 0.174. The van der Waals surface area contributed by atoms with Crippen LogP contribution < -0.4 is 16.2 Å². The summed E-state index contributed by atoms with van der Waals surface area (Å²) in [6, 6.07) is 12.0. The second kappa shape index (κ2) is 9.03. The van der Waals surface area contributed by atoms with Gasteiger partial charge in [0.1, 0.15) is 11.7 Å². The molecule has 0 saturated heterocycles. The maximum atomic E-state index is 15.4. The molecule has 9 nitrogen and oxygen atoms in total. The molecule has 0 aliphatic heterocycles. The quantitative estimate of drug-likeness (QED) is 0.294. The van der Waals surface area contributed by atoms with Crippen molar-refractivity contribution in [3.63, 3.8) is 0 Å². The first-order valence-electron chi connectivity index (χ1n) is 10.1. The van der Waals surface area contributed by atoms with Crippen molar-refractivity contribution in [2.45, 2.75) is 19.3 Å². The van der Waals surface area contributed by atoms with E-state index in [1.807, 2.05) is 19.1 Å². The summed E-state index contributed by atoms with van der Waals surface area (Å²) in [6.45, 7) is 1.84. The van der Waals surface area contributed by atoms with Crippen molar-refractivity contribution < 1.29 is 9.13 Å². The molecule has 0 aliphatic rings. The van der Waals surface area contributed by atoms with Gasteiger partial charge in [0.25, 0.3) is 5.95 Å². The molecule has 4 aromatic rings. The van der Waals surface area contributed by atoms with Gasteiger partial charge in [0.15, 0.2) is 11.6 Å². The lowest BCUT2D eigenvalue weighted by Gasteiger charge is -2.18. The molecule has 2 aromatic heterocycles. The molecule has 168 valence electrons. The maximum Gasteiger partial charge on any atom is 0.350 e. The van der Waals surface area contributed by atoms with Gasteiger partial charge in [-0.1, -0.05) is 30.3 Å². The Balaban J connectivity index is 1.83. The summed E-state index contributed by atoms with van der Waals surface area (Å²) in [5.41, 5.74) is 7.57. The molecule has 0 fully saturated rings. The first-order valence-corrected chi connectivity index (χ1v) is 10.1. The molecule has 0 saturated carbocycles. The van der Waals surface area contributed by atoms with Crippen LogP contribution >= 0.6 is 0 Å². The van der Waals surface area contributed by atoms with Crippen LogP contribution in [0.5, 0.6) is 5.75 Å². The Morgan fingerprint density at radius 2 is 1.94 bits per heavy atom. The smallest absolute Gasteiger partial charge is 0.350 e. The standard InChI is InChI=1S/C23H22FN7O2/c1-13-10-16(19(24)18(11-13)33-2)17(12-14-4-6-15(7-5-14)20(25)26)21-29-23(32)31(30-21)22-27-8-3-9-28-22/h3-11,17H,12H2,1-2H3,(H3,25,26)(H,29,30,32). The number of hydrogen-bond donors (Lipinski definition) is 3. The zero-order chi connectivity index (χ0) is 23.5. The van der Waals surface area contributed by atoms with Gasteiger partial charge in [0, 0.05) is 23.5 Å². The molecule has 2 heterocycles. The summed E-state index contributed by atoms with van der Waals surface area (Å²) in [6.07, 6.45) is 3.33. The van der Waals surface area contributed by atoms with E-state index in [0.717, 1.165) is 15.8 Å². The molecule has 33 heavy (non-hydrogen) atoms. The van der Waals surface area contributed by atoms with Crippen molar-refractivity contribution in [1.29, 1.82) is 5.41 Å². The van der Waals surface area contributed by atoms with Crippen molar-refractivity contribution in [2.24, 2.45) is 5.73 Å². The highest BCUT2D eigenvalue weighted by molar-refractivity contribution is 5.94. The van der Waals surface area contributed by atoms with E-state index >= 15 is 4.39 Å². The van der Waals surface area contributed by atoms with Crippen LogP contribution in [0.25, 0.3) is 5.95 Å². The fourth-order valence-electron chi connectivity index (χ4n) is 3.61. The summed E-state index contributed by atoms with van der Waals surface area (Å²) in [5, 5.41) is 12.0. The van der Waals surface area contributed by atoms with E-state index in [1.54, 1.807) is 30.3 Å². The molecule has 0 aliphatic carbocycles. The number of ether oxygens (including phenoxy) is 1. The minimum Gasteiger partial charge on any atom is -0.494 e. The van der Waals surface area contributed by atoms with E-state index in [-0.39, 0.29) is 23.4 Å². The van der Waals surface area contributed by atoms with Crippen LogP contribution in [0.3, 0.4) is 0 Å². The lowest BCUT2D eigenvalue weighted by molar-refractivity contribution is 0.382. The number of aromatic amines is 1. The third kappa shape index (κ3) is 4.49. The molecule has 1 atom stereocenters. The van der Waals surface area contributed by atoms with E-state index in [1.165, 1.54) is 19.5 Å². The fourth-order valence-corrected chi connectivity index (χ4v) is 3.61. The number of nitrogen functional groups attached to an aromatic ring is 1. The second-order valence-electron chi connectivity index (χ2n) is 7.51. The van der Waals surface area contributed by atoms with Gasteiger partial charge in [-0.3, -0.25) is 10.4 Å². The van der Waals surface area contributed by atoms with Gasteiger partial charge >= 0.3 is 5.69 Å².